The van der Waals surface area contributed by atoms with Gasteiger partial charge in [0.1, 0.15) is 6.04 Å². The molecule has 8 nitrogen and oxygen atoms in total. The molecule has 0 bridgehead atoms. The van der Waals surface area contributed by atoms with Crippen LogP contribution in [0.1, 0.15) is 61.5 Å². The molecule has 0 saturated carbocycles. The number of nitrogens with zero attached hydrogens (tertiary/aromatic N) is 5. The Bertz CT molecular complexity index is 1090. The summed E-state index contributed by atoms with van der Waals surface area (Å²) in [5.41, 5.74) is 2.60. The van der Waals surface area contributed by atoms with Gasteiger partial charge in [-0.15, -0.1) is 5.10 Å². The maximum absolute atomic E-state index is 13.3. The molecule has 8 heteroatoms. The van der Waals surface area contributed by atoms with E-state index >= 15 is 0 Å². The Morgan fingerprint density at radius 1 is 1.19 bits per heavy atom. The molecule has 1 N–H and O–H groups in total. The lowest BCUT2D eigenvalue weighted by molar-refractivity contribution is 0.0909. The fourth-order valence-electron chi connectivity index (χ4n) is 4.97. The number of aromatic amines is 1. The van der Waals surface area contributed by atoms with E-state index in [9.17, 15) is 4.79 Å². The first-order valence-electron chi connectivity index (χ1n) is 11.4. The average molecular weight is 423 g/mol. The maximum Gasteiger partial charge on any atom is 0.253 e. The normalized spacial score (nSPS) is 21.4. The third kappa shape index (κ3) is 4.14. The predicted octanol–water partition coefficient (Wildman–Crippen LogP) is 2.97. The van der Waals surface area contributed by atoms with Crippen molar-refractivity contribution in [3.63, 3.8) is 0 Å². The predicted molar refractivity (Wildman–Crippen MR) is 118 cm³/mol. The van der Waals surface area contributed by atoms with Crippen LogP contribution in [0.15, 0.2) is 29.1 Å². The summed E-state index contributed by atoms with van der Waals surface area (Å²) in [5, 5.41) is 13.8. The Morgan fingerprint density at radius 2 is 2.03 bits per heavy atom. The molecule has 3 aromatic rings. The molecule has 2 saturated heterocycles. The van der Waals surface area contributed by atoms with Crippen LogP contribution in [0, 0.1) is 6.92 Å². The van der Waals surface area contributed by atoms with Gasteiger partial charge in [-0.2, -0.15) is 0 Å². The maximum atomic E-state index is 13.3. The second-order valence-electron chi connectivity index (χ2n) is 8.80. The summed E-state index contributed by atoms with van der Waals surface area (Å²) in [7, 11) is 0. The minimum atomic E-state index is -0.275. The summed E-state index contributed by atoms with van der Waals surface area (Å²) in [6.45, 7) is 5.30. The first-order chi connectivity index (χ1) is 15.2. The monoisotopic (exact) mass is 422 g/mol. The number of tetrazole rings is 1. The van der Waals surface area contributed by atoms with E-state index in [0.717, 1.165) is 67.7 Å². The van der Waals surface area contributed by atoms with Crippen LogP contribution in [-0.4, -0.2) is 55.9 Å². The fourth-order valence-corrected chi connectivity index (χ4v) is 4.97. The van der Waals surface area contributed by atoms with Gasteiger partial charge in [0.15, 0.2) is 5.82 Å². The summed E-state index contributed by atoms with van der Waals surface area (Å²) >= 11 is 0. The summed E-state index contributed by atoms with van der Waals surface area (Å²) < 4.78 is 7.68. The van der Waals surface area contributed by atoms with Gasteiger partial charge in [0.05, 0.1) is 18.2 Å². The molecule has 0 spiro atoms. The number of fused-ring (bicyclic) bond motifs is 1. The quantitative estimate of drug-likeness (QED) is 0.680. The zero-order valence-corrected chi connectivity index (χ0v) is 18.1. The number of hydrogen-bond acceptors (Lipinski definition) is 6. The average Bonchev–Trinajstić information content (AvgIpc) is 3.37. The number of H-pyrrole nitrogens is 1. The van der Waals surface area contributed by atoms with Crippen LogP contribution in [0.3, 0.4) is 0 Å². The molecular formula is C23H30N6O2. The van der Waals surface area contributed by atoms with Crippen LogP contribution >= 0.6 is 0 Å². The first kappa shape index (κ1) is 20.3. The molecule has 0 amide bonds. The van der Waals surface area contributed by atoms with Crippen molar-refractivity contribution in [1.82, 2.24) is 30.1 Å². The highest BCUT2D eigenvalue weighted by Crippen LogP contribution is 2.30. The Kier molecular flexibility index (Phi) is 5.82. The molecule has 2 aromatic heterocycles. The highest BCUT2D eigenvalue weighted by Gasteiger charge is 2.32. The summed E-state index contributed by atoms with van der Waals surface area (Å²) in [6.07, 6.45) is 6.90. The number of aromatic nitrogens is 5. The fraction of sp³-hybridized carbons (Fsp3) is 0.565. The Morgan fingerprint density at radius 3 is 2.81 bits per heavy atom. The molecule has 164 valence electrons. The molecule has 5 rings (SSSR count). The molecule has 2 atom stereocenters. The van der Waals surface area contributed by atoms with Crippen molar-refractivity contribution in [2.75, 3.05) is 19.7 Å². The van der Waals surface area contributed by atoms with E-state index in [1.165, 1.54) is 12.8 Å². The number of aryl methyl sites for hydroxylation is 1. The third-order valence-electron chi connectivity index (χ3n) is 6.62. The molecule has 0 aliphatic carbocycles. The zero-order chi connectivity index (χ0) is 21.2. The zero-order valence-electron chi connectivity index (χ0n) is 18.1. The Labute approximate surface area is 181 Å². The number of nitrogens with one attached hydrogen (secondary N) is 1. The third-order valence-corrected chi connectivity index (χ3v) is 6.62. The van der Waals surface area contributed by atoms with Crippen molar-refractivity contribution < 1.29 is 4.74 Å². The lowest BCUT2D eigenvalue weighted by Crippen LogP contribution is -2.36. The minimum absolute atomic E-state index is 0.0669. The van der Waals surface area contributed by atoms with Gasteiger partial charge >= 0.3 is 0 Å². The number of ether oxygens (including phenoxy) is 1. The van der Waals surface area contributed by atoms with Crippen LogP contribution in [-0.2, 0) is 11.3 Å². The number of hydrogen-bond donors (Lipinski definition) is 1. The van der Waals surface area contributed by atoms with Crippen LogP contribution in [0.25, 0.3) is 10.9 Å². The number of likely N-dealkylation sites (tertiary alicyclic amines) is 1. The Balaban J connectivity index is 1.60. The van der Waals surface area contributed by atoms with Gasteiger partial charge < -0.3 is 9.72 Å². The number of benzene rings is 1. The van der Waals surface area contributed by atoms with Gasteiger partial charge in [-0.05, 0) is 73.1 Å². The minimum Gasteiger partial charge on any atom is -0.376 e. The van der Waals surface area contributed by atoms with E-state index in [1.54, 1.807) is 0 Å². The lowest BCUT2D eigenvalue weighted by atomic mass is 10.0. The van der Waals surface area contributed by atoms with Gasteiger partial charge in [-0.25, -0.2) is 4.68 Å². The van der Waals surface area contributed by atoms with Crippen molar-refractivity contribution in [2.45, 2.75) is 64.1 Å². The molecule has 1 aromatic carbocycles. The molecule has 2 aliphatic rings. The molecule has 2 fully saturated rings. The van der Waals surface area contributed by atoms with Gasteiger partial charge in [-0.1, -0.05) is 31.0 Å². The van der Waals surface area contributed by atoms with Crippen LogP contribution in [0.5, 0.6) is 0 Å². The smallest absolute Gasteiger partial charge is 0.253 e. The van der Waals surface area contributed by atoms with E-state index in [-0.39, 0.29) is 17.7 Å². The van der Waals surface area contributed by atoms with Crippen molar-refractivity contribution in [3.8, 4) is 0 Å². The van der Waals surface area contributed by atoms with Crippen molar-refractivity contribution in [1.29, 1.82) is 0 Å². The van der Waals surface area contributed by atoms with E-state index in [2.05, 4.69) is 31.5 Å². The molecule has 2 aliphatic heterocycles. The summed E-state index contributed by atoms with van der Waals surface area (Å²) in [5.74, 6) is 0.731. The van der Waals surface area contributed by atoms with Gasteiger partial charge in [0.25, 0.3) is 5.56 Å². The van der Waals surface area contributed by atoms with E-state index in [1.807, 2.05) is 29.8 Å². The first-order valence-corrected chi connectivity index (χ1v) is 11.4. The topological polar surface area (TPSA) is 88.9 Å². The second kappa shape index (κ2) is 8.88. The lowest BCUT2D eigenvalue weighted by Gasteiger charge is -2.30. The largest absolute Gasteiger partial charge is 0.376 e. The standard InChI is InChI=1S/C23H30N6O2/c1-16-8-6-9-17-14-19(23(30)24-20(16)17)21(28-11-4-2-3-5-12-28)22-25-26-27-29(22)15-18-10-7-13-31-18/h6,8-9,14,18,21H,2-5,7,10-13,15H2,1H3,(H,24,30)/t18-,21+/m1/s1. The molecule has 0 unspecified atom stereocenters. The van der Waals surface area contributed by atoms with E-state index in [0.29, 0.717) is 12.1 Å². The van der Waals surface area contributed by atoms with E-state index < -0.39 is 0 Å². The van der Waals surface area contributed by atoms with Crippen molar-refractivity contribution in [2.24, 2.45) is 0 Å². The summed E-state index contributed by atoms with van der Waals surface area (Å²) in [6, 6.07) is 7.86. The summed E-state index contributed by atoms with van der Waals surface area (Å²) in [4.78, 5) is 18.8. The van der Waals surface area contributed by atoms with E-state index in [4.69, 9.17) is 4.74 Å². The Hall–Kier alpha value is -2.58. The SMILES string of the molecule is Cc1cccc2cc([C@@H](c3nnnn3C[C@H]3CCCO3)N3CCCCCC3)c(=O)[nH]c12. The van der Waals surface area contributed by atoms with Crippen LogP contribution < -0.4 is 5.56 Å². The van der Waals surface area contributed by atoms with Gasteiger partial charge in [-0.3, -0.25) is 9.69 Å². The molecule has 31 heavy (non-hydrogen) atoms. The highest BCUT2D eigenvalue weighted by atomic mass is 16.5. The second-order valence-corrected chi connectivity index (χ2v) is 8.80. The molecule has 4 heterocycles. The number of pyridine rings is 1. The number of para-hydroxylation sites is 1. The highest BCUT2D eigenvalue weighted by molar-refractivity contribution is 5.82. The van der Waals surface area contributed by atoms with Crippen molar-refractivity contribution in [3.05, 3.63) is 51.6 Å². The molecular weight excluding hydrogens is 392 g/mol. The van der Waals surface area contributed by atoms with Crippen LogP contribution in [0.4, 0.5) is 0 Å². The van der Waals surface area contributed by atoms with Crippen molar-refractivity contribution >= 4 is 10.9 Å². The van der Waals surface area contributed by atoms with Crippen LogP contribution in [0.2, 0.25) is 0 Å². The number of rotatable bonds is 5. The van der Waals surface area contributed by atoms with Gasteiger partial charge in [0, 0.05) is 12.2 Å². The molecule has 0 radical (unpaired) electrons. The van der Waals surface area contributed by atoms with Gasteiger partial charge in [0.2, 0.25) is 0 Å².